The average molecular weight is 313 g/mol. The van der Waals surface area contributed by atoms with Crippen LogP contribution >= 0.6 is 0 Å². The van der Waals surface area contributed by atoms with Gasteiger partial charge in [-0.2, -0.15) is 0 Å². The number of hydrogen-bond acceptors (Lipinski definition) is 4. The van der Waals surface area contributed by atoms with Gasteiger partial charge in [0.05, 0.1) is 12.4 Å². The van der Waals surface area contributed by atoms with Crippen LogP contribution in [-0.4, -0.2) is 29.8 Å². The molecule has 0 radical (unpaired) electrons. The van der Waals surface area contributed by atoms with E-state index in [9.17, 15) is 0 Å². The smallest absolute Gasteiger partial charge is 0.204 e. The van der Waals surface area contributed by atoms with E-state index < -0.39 is 17.4 Å². The first kappa shape index (κ1) is 17.4. The van der Waals surface area contributed by atoms with Gasteiger partial charge in [0.25, 0.3) is 0 Å². The lowest BCUT2D eigenvalue weighted by Gasteiger charge is -2.30. The number of nitrogens with two attached hydrogens (primary N) is 2. The van der Waals surface area contributed by atoms with Crippen LogP contribution in [0.5, 0.6) is 5.75 Å². The molecule has 1 aromatic carbocycles. The fourth-order valence-corrected chi connectivity index (χ4v) is 8.01. The quantitative estimate of drug-likeness (QED) is 0.417. The minimum atomic E-state index is -1.88. The molecule has 0 aliphatic carbocycles. The summed E-state index contributed by atoms with van der Waals surface area (Å²) in [6.07, 6.45) is 2.21. The van der Waals surface area contributed by atoms with Crippen molar-refractivity contribution in [2.24, 2.45) is 11.5 Å². The zero-order valence-corrected chi connectivity index (χ0v) is 15.0. The van der Waals surface area contributed by atoms with Crippen molar-refractivity contribution in [3.63, 3.8) is 0 Å². The molecule has 4 nitrogen and oxygen atoms in total. The third-order valence-corrected chi connectivity index (χ3v) is 10.2. The maximum atomic E-state index is 6.15. The van der Waals surface area contributed by atoms with E-state index in [1.54, 1.807) is 0 Å². The molecule has 20 heavy (non-hydrogen) atoms. The van der Waals surface area contributed by atoms with Gasteiger partial charge in [-0.15, -0.1) is 0 Å². The molecule has 0 heterocycles. The van der Waals surface area contributed by atoms with Crippen molar-refractivity contribution in [2.75, 3.05) is 6.61 Å². The standard InChI is InChI=1S/C14H28N2O2Si2/c1-19(18-20(2,3)14(15)16)12-8-7-11-17-13-9-5-4-6-10-13/h4-6,9-10,14,19H,7-8,11-12,15-16H2,1-3H3. The molecule has 0 bridgehead atoms. The molecule has 0 aliphatic rings. The topological polar surface area (TPSA) is 70.5 Å². The molecule has 1 rings (SSSR count). The highest BCUT2D eigenvalue weighted by atomic mass is 28.4. The van der Waals surface area contributed by atoms with E-state index in [1.165, 1.54) is 0 Å². The van der Waals surface area contributed by atoms with Crippen molar-refractivity contribution in [1.29, 1.82) is 0 Å². The molecule has 0 fully saturated rings. The van der Waals surface area contributed by atoms with Crippen molar-refractivity contribution >= 4 is 17.4 Å². The molecule has 6 heteroatoms. The highest BCUT2D eigenvalue weighted by molar-refractivity contribution is 6.79. The van der Waals surface area contributed by atoms with E-state index in [0.717, 1.165) is 31.2 Å². The van der Waals surface area contributed by atoms with Crippen molar-refractivity contribution in [1.82, 2.24) is 0 Å². The van der Waals surface area contributed by atoms with Crippen LogP contribution < -0.4 is 16.2 Å². The van der Waals surface area contributed by atoms with Crippen molar-refractivity contribution in [3.05, 3.63) is 30.3 Å². The van der Waals surface area contributed by atoms with Crippen LogP contribution in [0.15, 0.2) is 30.3 Å². The number of ether oxygens (including phenoxy) is 1. The van der Waals surface area contributed by atoms with E-state index in [-0.39, 0.29) is 5.79 Å². The Bertz CT molecular complexity index is 375. The van der Waals surface area contributed by atoms with Gasteiger partial charge in [0.2, 0.25) is 8.32 Å². The molecule has 1 aromatic rings. The van der Waals surface area contributed by atoms with Gasteiger partial charge in [0.15, 0.2) is 9.04 Å². The van der Waals surface area contributed by atoms with Crippen LogP contribution in [0.4, 0.5) is 0 Å². The second kappa shape index (κ2) is 8.58. The predicted octanol–water partition coefficient (Wildman–Crippen LogP) is 2.20. The lowest BCUT2D eigenvalue weighted by Crippen LogP contribution is -2.57. The van der Waals surface area contributed by atoms with Crippen molar-refractivity contribution < 1.29 is 8.85 Å². The normalized spacial score (nSPS) is 13.5. The van der Waals surface area contributed by atoms with Crippen LogP contribution in [0.1, 0.15) is 12.8 Å². The molecule has 114 valence electrons. The van der Waals surface area contributed by atoms with E-state index >= 15 is 0 Å². The molecule has 0 aromatic heterocycles. The molecule has 0 saturated heterocycles. The van der Waals surface area contributed by atoms with Crippen LogP contribution in [0, 0.1) is 0 Å². The number of rotatable bonds is 9. The second-order valence-electron chi connectivity index (χ2n) is 5.71. The minimum Gasteiger partial charge on any atom is -0.494 e. The Hall–Kier alpha value is -0.666. The number of unbranched alkanes of at least 4 members (excludes halogenated alkanes) is 1. The highest BCUT2D eigenvalue weighted by Gasteiger charge is 2.29. The zero-order chi connectivity index (χ0) is 15.0. The van der Waals surface area contributed by atoms with Crippen LogP contribution in [0.3, 0.4) is 0 Å². The van der Waals surface area contributed by atoms with Crippen LogP contribution in [-0.2, 0) is 4.12 Å². The molecule has 0 saturated carbocycles. The summed E-state index contributed by atoms with van der Waals surface area (Å²) in [5.41, 5.74) is 11.6. The molecule has 0 spiro atoms. The number of hydrogen-bond donors (Lipinski definition) is 2. The summed E-state index contributed by atoms with van der Waals surface area (Å²) in [6, 6.07) is 11.1. The van der Waals surface area contributed by atoms with Crippen LogP contribution in [0.25, 0.3) is 0 Å². The fourth-order valence-electron chi connectivity index (χ4n) is 1.90. The van der Waals surface area contributed by atoms with Gasteiger partial charge in [0.1, 0.15) is 5.75 Å². The number of benzene rings is 1. The lowest BCUT2D eigenvalue weighted by molar-refractivity contribution is 0.308. The summed E-state index contributed by atoms with van der Waals surface area (Å²) >= 11 is 0. The Balaban J connectivity index is 2.12. The Labute approximate surface area is 125 Å². The summed E-state index contributed by atoms with van der Waals surface area (Å²) < 4.78 is 11.8. The van der Waals surface area contributed by atoms with E-state index in [1.807, 2.05) is 30.3 Å². The number of para-hydroxylation sites is 1. The Kier molecular flexibility index (Phi) is 7.46. The highest BCUT2D eigenvalue weighted by Crippen LogP contribution is 2.13. The summed E-state index contributed by atoms with van der Waals surface area (Å²) in [4.78, 5) is 0. The van der Waals surface area contributed by atoms with Crippen molar-refractivity contribution in [2.45, 2.75) is 44.3 Å². The Morgan fingerprint density at radius 2 is 1.80 bits per heavy atom. The van der Waals surface area contributed by atoms with E-state index in [0.29, 0.717) is 0 Å². The predicted molar refractivity (Wildman–Crippen MR) is 89.7 cm³/mol. The monoisotopic (exact) mass is 312 g/mol. The third kappa shape index (κ3) is 6.67. The van der Waals surface area contributed by atoms with E-state index in [2.05, 4.69) is 19.6 Å². The Morgan fingerprint density at radius 3 is 2.40 bits per heavy atom. The summed E-state index contributed by atoms with van der Waals surface area (Å²) in [7, 11) is -3.03. The molecular formula is C14H28N2O2Si2. The second-order valence-corrected chi connectivity index (χ2v) is 12.7. The maximum absolute atomic E-state index is 6.15. The first-order valence-electron chi connectivity index (χ1n) is 7.28. The fraction of sp³-hybridized carbons (Fsp3) is 0.571. The average Bonchev–Trinajstić information content (AvgIpc) is 2.38. The first-order valence-corrected chi connectivity index (χ1v) is 12.7. The third-order valence-electron chi connectivity index (χ3n) is 3.32. The van der Waals surface area contributed by atoms with Crippen molar-refractivity contribution in [3.8, 4) is 5.75 Å². The van der Waals surface area contributed by atoms with E-state index in [4.69, 9.17) is 20.3 Å². The SMILES string of the molecule is C[SiH](CCCCOc1ccccc1)O[Si](C)(C)C(N)N. The zero-order valence-electron chi connectivity index (χ0n) is 12.8. The molecule has 1 atom stereocenters. The van der Waals surface area contributed by atoms with Crippen LogP contribution in [0.2, 0.25) is 25.7 Å². The lowest BCUT2D eigenvalue weighted by atomic mass is 10.3. The minimum absolute atomic E-state index is 0.293. The molecule has 0 aliphatic heterocycles. The Morgan fingerprint density at radius 1 is 1.15 bits per heavy atom. The molecule has 1 unspecified atom stereocenters. The largest absolute Gasteiger partial charge is 0.494 e. The first-order chi connectivity index (χ1) is 9.42. The van der Waals surface area contributed by atoms with Gasteiger partial charge < -0.3 is 20.3 Å². The molecule has 0 amide bonds. The summed E-state index contributed by atoms with van der Waals surface area (Å²) in [5.74, 6) is 0.649. The van der Waals surface area contributed by atoms with Gasteiger partial charge in [-0.05, 0) is 44.2 Å². The summed E-state index contributed by atoms with van der Waals surface area (Å²) in [6.45, 7) is 7.19. The van der Waals surface area contributed by atoms with Gasteiger partial charge in [-0.3, -0.25) is 0 Å². The van der Waals surface area contributed by atoms with Gasteiger partial charge in [-0.25, -0.2) is 0 Å². The maximum Gasteiger partial charge on any atom is 0.204 e. The molecule has 4 N–H and O–H groups in total. The molecular weight excluding hydrogens is 284 g/mol. The van der Waals surface area contributed by atoms with Gasteiger partial charge in [-0.1, -0.05) is 24.6 Å². The summed E-state index contributed by atoms with van der Waals surface area (Å²) in [5, 5.41) is 0. The van der Waals surface area contributed by atoms with Gasteiger partial charge >= 0.3 is 0 Å². The van der Waals surface area contributed by atoms with Gasteiger partial charge in [0, 0.05) is 0 Å².